The van der Waals surface area contributed by atoms with Crippen molar-refractivity contribution in [3.05, 3.63) is 16.3 Å². The molecule has 6 nitrogen and oxygen atoms in total. The van der Waals surface area contributed by atoms with Crippen molar-refractivity contribution in [1.29, 1.82) is 0 Å². The van der Waals surface area contributed by atoms with Crippen LogP contribution in [0, 0.1) is 5.92 Å². The van der Waals surface area contributed by atoms with E-state index in [1.807, 2.05) is 13.8 Å². The SMILES string of the molecule is CC(C)CC(=O)N1CCC(n2nc(C(F)(F)F)n(C)c2=O)CC1. The Balaban J connectivity index is 2.09. The normalized spacial score (nSPS) is 17.1. The van der Waals surface area contributed by atoms with Crippen molar-refractivity contribution in [3.63, 3.8) is 0 Å². The van der Waals surface area contributed by atoms with Crippen LogP contribution in [0.15, 0.2) is 4.79 Å². The van der Waals surface area contributed by atoms with Crippen LogP contribution >= 0.6 is 0 Å². The summed E-state index contributed by atoms with van der Waals surface area (Å²) in [4.78, 5) is 25.7. The van der Waals surface area contributed by atoms with Crippen LogP contribution in [0.4, 0.5) is 13.2 Å². The van der Waals surface area contributed by atoms with Gasteiger partial charge in [-0.1, -0.05) is 13.8 Å². The lowest BCUT2D eigenvalue weighted by Crippen LogP contribution is -2.41. The average molecular weight is 334 g/mol. The number of carbonyl (C=O) groups excluding carboxylic acids is 1. The lowest BCUT2D eigenvalue weighted by molar-refractivity contribution is -0.147. The van der Waals surface area contributed by atoms with Crippen LogP contribution in [0.25, 0.3) is 0 Å². The second-order valence-electron chi connectivity index (χ2n) is 6.32. The Morgan fingerprint density at radius 3 is 2.30 bits per heavy atom. The van der Waals surface area contributed by atoms with Gasteiger partial charge in [0.05, 0.1) is 6.04 Å². The lowest BCUT2D eigenvalue weighted by Gasteiger charge is -2.32. The Labute approximate surface area is 131 Å². The molecular weight excluding hydrogens is 313 g/mol. The van der Waals surface area contributed by atoms with Crippen LogP contribution in [0.3, 0.4) is 0 Å². The highest BCUT2D eigenvalue weighted by Gasteiger charge is 2.39. The third kappa shape index (κ3) is 3.76. The molecule has 130 valence electrons. The Morgan fingerprint density at radius 1 is 1.30 bits per heavy atom. The summed E-state index contributed by atoms with van der Waals surface area (Å²) < 4.78 is 39.9. The minimum Gasteiger partial charge on any atom is -0.343 e. The highest BCUT2D eigenvalue weighted by molar-refractivity contribution is 5.76. The van der Waals surface area contributed by atoms with Gasteiger partial charge in [0.2, 0.25) is 11.7 Å². The fourth-order valence-electron chi connectivity index (χ4n) is 2.78. The Morgan fingerprint density at radius 2 is 1.87 bits per heavy atom. The number of nitrogens with zero attached hydrogens (tertiary/aromatic N) is 4. The van der Waals surface area contributed by atoms with Crippen molar-refractivity contribution in [3.8, 4) is 0 Å². The minimum absolute atomic E-state index is 0.0443. The van der Waals surface area contributed by atoms with Gasteiger partial charge in [0.25, 0.3) is 0 Å². The Hall–Kier alpha value is -1.80. The van der Waals surface area contributed by atoms with E-state index in [0.29, 0.717) is 36.9 Å². The van der Waals surface area contributed by atoms with Gasteiger partial charge in [0.1, 0.15) is 0 Å². The van der Waals surface area contributed by atoms with E-state index >= 15 is 0 Å². The smallest absolute Gasteiger partial charge is 0.343 e. The van der Waals surface area contributed by atoms with Gasteiger partial charge in [-0.05, 0) is 18.8 Å². The van der Waals surface area contributed by atoms with E-state index in [2.05, 4.69) is 5.10 Å². The molecular formula is C14H21F3N4O2. The zero-order valence-corrected chi connectivity index (χ0v) is 13.4. The predicted octanol–water partition coefficient (Wildman–Crippen LogP) is 1.81. The molecule has 0 aromatic carbocycles. The molecule has 1 aliphatic rings. The van der Waals surface area contributed by atoms with E-state index in [-0.39, 0.29) is 11.8 Å². The zero-order chi connectivity index (χ0) is 17.4. The number of aromatic nitrogens is 3. The van der Waals surface area contributed by atoms with Crippen LogP contribution in [0.2, 0.25) is 0 Å². The fourth-order valence-corrected chi connectivity index (χ4v) is 2.78. The molecule has 0 unspecified atom stereocenters. The summed E-state index contributed by atoms with van der Waals surface area (Å²) >= 11 is 0. The van der Waals surface area contributed by atoms with Gasteiger partial charge in [0, 0.05) is 26.6 Å². The van der Waals surface area contributed by atoms with Crippen LogP contribution < -0.4 is 5.69 Å². The minimum atomic E-state index is -4.66. The maximum Gasteiger partial charge on any atom is 0.451 e. The number of likely N-dealkylation sites (tertiary alicyclic amines) is 1. The molecule has 0 radical (unpaired) electrons. The summed E-state index contributed by atoms with van der Waals surface area (Å²) in [6, 6.07) is -0.409. The van der Waals surface area contributed by atoms with Gasteiger partial charge in [0.15, 0.2) is 0 Å². The van der Waals surface area contributed by atoms with Gasteiger partial charge in [-0.2, -0.15) is 13.2 Å². The first kappa shape index (κ1) is 17.6. The standard InChI is InChI=1S/C14H21F3N4O2/c1-9(2)8-11(22)20-6-4-10(5-7-20)21-13(23)19(3)12(18-21)14(15,16)17/h9-10H,4-8H2,1-3H3. The molecule has 1 aliphatic heterocycles. The first-order valence-corrected chi connectivity index (χ1v) is 7.61. The summed E-state index contributed by atoms with van der Waals surface area (Å²) in [7, 11) is 1.07. The molecule has 9 heteroatoms. The number of amides is 1. The van der Waals surface area contributed by atoms with Gasteiger partial charge in [-0.15, -0.1) is 5.10 Å². The Kier molecular flexibility index (Phi) is 4.86. The molecule has 1 aromatic heterocycles. The molecule has 0 N–H and O–H groups in total. The summed E-state index contributed by atoms with van der Waals surface area (Å²) in [6.07, 6.45) is -3.35. The molecule has 23 heavy (non-hydrogen) atoms. The van der Waals surface area contributed by atoms with E-state index in [0.717, 1.165) is 11.7 Å². The van der Waals surface area contributed by atoms with Crippen molar-refractivity contribution in [2.75, 3.05) is 13.1 Å². The number of hydrogen-bond donors (Lipinski definition) is 0. The molecule has 0 spiro atoms. The number of rotatable bonds is 3. The number of hydrogen-bond acceptors (Lipinski definition) is 3. The topological polar surface area (TPSA) is 60.1 Å². The van der Waals surface area contributed by atoms with Crippen LogP contribution in [-0.2, 0) is 18.0 Å². The van der Waals surface area contributed by atoms with Crippen LogP contribution in [0.5, 0.6) is 0 Å². The van der Waals surface area contributed by atoms with Crippen molar-refractivity contribution >= 4 is 5.91 Å². The van der Waals surface area contributed by atoms with Crippen LogP contribution in [-0.4, -0.2) is 38.2 Å². The molecule has 1 amide bonds. The van der Waals surface area contributed by atoms with E-state index in [4.69, 9.17) is 0 Å². The summed E-state index contributed by atoms with van der Waals surface area (Å²) in [6.45, 7) is 4.77. The summed E-state index contributed by atoms with van der Waals surface area (Å²) in [5.41, 5.74) is -0.774. The second kappa shape index (κ2) is 6.37. The quantitative estimate of drug-likeness (QED) is 0.847. The van der Waals surface area contributed by atoms with Crippen molar-refractivity contribution in [2.24, 2.45) is 13.0 Å². The molecule has 1 aromatic rings. The van der Waals surface area contributed by atoms with E-state index in [9.17, 15) is 22.8 Å². The second-order valence-corrected chi connectivity index (χ2v) is 6.32. The zero-order valence-electron chi connectivity index (χ0n) is 13.4. The highest BCUT2D eigenvalue weighted by atomic mass is 19.4. The van der Waals surface area contributed by atoms with E-state index in [1.54, 1.807) is 4.90 Å². The molecule has 0 atom stereocenters. The maximum atomic E-state index is 12.8. The Bertz CT molecular complexity index is 625. The number of carbonyl (C=O) groups is 1. The van der Waals surface area contributed by atoms with Crippen LogP contribution in [0.1, 0.15) is 45.0 Å². The summed E-state index contributed by atoms with van der Waals surface area (Å²) in [5, 5.41) is 3.46. The summed E-state index contributed by atoms with van der Waals surface area (Å²) in [5.74, 6) is -0.892. The molecule has 2 heterocycles. The number of piperidine rings is 1. The predicted molar refractivity (Wildman–Crippen MR) is 76.8 cm³/mol. The average Bonchev–Trinajstić information content (AvgIpc) is 2.75. The lowest BCUT2D eigenvalue weighted by atomic mass is 10.0. The van der Waals surface area contributed by atoms with E-state index < -0.39 is 23.7 Å². The highest BCUT2D eigenvalue weighted by Crippen LogP contribution is 2.28. The first-order valence-electron chi connectivity index (χ1n) is 7.61. The van der Waals surface area contributed by atoms with Crippen molar-refractivity contribution < 1.29 is 18.0 Å². The monoisotopic (exact) mass is 334 g/mol. The van der Waals surface area contributed by atoms with E-state index in [1.165, 1.54) is 0 Å². The van der Waals surface area contributed by atoms with Crippen molar-refractivity contribution in [2.45, 2.75) is 45.3 Å². The van der Waals surface area contributed by atoms with Gasteiger partial charge >= 0.3 is 11.9 Å². The third-order valence-corrected chi connectivity index (χ3v) is 4.00. The fraction of sp³-hybridized carbons (Fsp3) is 0.786. The number of halogens is 3. The molecule has 0 saturated carbocycles. The largest absolute Gasteiger partial charge is 0.451 e. The molecule has 0 bridgehead atoms. The van der Waals surface area contributed by atoms with Crippen molar-refractivity contribution in [1.82, 2.24) is 19.2 Å². The first-order chi connectivity index (χ1) is 10.6. The maximum absolute atomic E-state index is 12.8. The van der Waals surface area contributed by atoms with Gasteiger partial charge in [-0.25, -0.2) is 9.48 Å². The number of alkyl halides is 3. The molecule has 2 rings (SSSR count). The molecule has 1 fully saturated rings. The van der Waals surface area contributed by atoms with Gasteiger partial charge < -0.3 is 4.90 Å². The molecule has 0 aliphatic carbocycles. The third-order valence-electron chi connectivity index (χ3n) is 4.00. The molecule has 1 saturated heterocycles. The van der Waals surface area contributed by atoms with Gasteiger partial charge in [-0.3, -0.25) is 9.36 Å².